The molecule has 2 aliphatic heterocycles. The Hall–Kier alpha value is -1.63. The summed E-state index contributed by atoms with van der Waals surface area (Å²) >= 11 is 0. The third-order valence-corrected chi connectivity index (χ3v) is 3.35. The van der Waals surface area contributed by atoms with Gasteiger partial charge in [-0.25, -0.2) is 0 Å². The molecule has 2 N–H and O–H groups in total. The summed E-state index contributed by atoms with van der Waals surface area (Å²) in [7, 11) is 0. The summed E-state index contributed by atoms with van der Waals surface area (Å²) in [5.74, 6) is -0.520. The first kappa shape index (κ1) is 13.8. The Morgan fingerprint density at radius 1 is 1.37 bits per heavy atom. The third kappa shape index (κ3) is 3.92. The van der Waals surface area contributed by atoms with Gasteiger partial charge in [-0.3, -0.25) is 14.4 Å². The van der Waals surface area contributed by atoms with Gasteiger partial charge in [0, 0.05) is 39.0 Å². The lowest BCUT2D eigenvalue weighted by atomic mass is 10.1. The fourth-order valence-electron chi connectivity index (χ4n) is 2.20. The van der Waals surface area contributed by atoms with E-state index in [4.69, 9.17) is 4.74 Å². The molecule has 0 aliphatic carbocycles. The molecule has 0 aromatic rings. The van der Waals surface area contributed by atoms with Crippen LogP contribution >= 0.6 is 0 Å². The molecule has 0 saturated carbocycles. The molecule has 2 fully saturated rings. The Kier molecular flexibility index (Phi) is 4.73. The van der Waals surface area contributed by atoms with Crippen molar-refractivity contribution in [1.29, 1.82) is 0 Å². The van der Waals surface area contributed by atoms with Crippen LogP contribution in [-0.2, 0) is 19.1 Å². The molecule has 106 valence electrons. The van der Waals surface area contributed by atoms with Gasteiger partial charge in [0.25, 0.3) is 0 Å². The van der Waals surface area contributed by atoms with E-state index in [0.29, 0.717) is 45.8 Å². The maximum absolute atomic E-state index is 11.8. The van der Waals surface area contributed by atoms with Crippen LogP contribution in [0.4, 0.5) is 0 Å². The number of morpholine rings is 1. The molecule has 1 atom stereocenters. The zero-order valence-corrected chi connectivity index (χ0v) is 10.8. The SMILES string of the molecule is O=C1CC(C(=O)NCCC(=O)N2CCOCC2)CN1. The largest absolute Gasteiger partial charge is 0.378 e. The third-order valence-electron chi connectivity index (χ3n) is 3.35. The molecule has 7 nitrogen and oxygen atoms in total. The Balaban J connectivity index is 1.64. The lowest BCUT2D eigenvalue weighted by Crippen LogP contribution is -2.42. The molecule has 0 bridgehead atoms. The number of ether oxygens (including phenoxy) is 1. The van der Waals surface area contributed by atoms with Crippen LogP contribution in [0.25, 0.3) is 0 Å². The van der Waals surface area contributed by atoms with E-state index in [0.717, 1.165) is 0 Å². The van der Waals surface area contributed by atoms with Crippen LogP contribution in [0.2, 0.25) is 0 Å². The average molecular weight is 269 g/mol. The minimum Gasteiger partial charge on any atom is -0.378 e. The fraction of sp³-hybridized carbons (Fsp3) is 0.750. The van der Waals surface area contributed by atoms with Gasteiger partial charge in [0.05, 0.1) is 19.1 Å². The molecule has 0 spiro atoms. The Bertz CT molecular complexity index is 366. The molecule has 3 amide bonds. The molecule has 7 heteroatoms. The number of hydrogen-bond donors (Lipinski definition) is 2. The van der Waals surface area contributed by atoms with Gasteiger partial charge < -0.3 is 20.3 Å². The number of hydrogen-bond acceptors (Lipinski definition) is 4. The number of nitrogens with zero attached hydrogens (tertiary/aromatic N) is 1. The van der Waals surface area contributed by atoms with Gasteiger partial charge >= 0.3 is 0 Å². The second kappa shape index (κ2) is 6.51. The number of carbonyl (C=O) groups excluding carboxylic acids is 3. The van der Waals surface area contributed by atoms with Crippen molar-refractivity contribution in [3.8, 4) is 0 Å². The summed E-state index contributed by atoms with van der Waals surface area (Å²) < 4.78 is 5.17. The van der Waals surface area contributed by atoms with E-state index in [9.17, 15) is 14.4 Å². The molecule has 2 aliphatic rings. The molecule has 0 aromatic carbocycles. The van der Waals surface area contributed by atoms with Crippen molar-refractivity contribution in [2.45, 2.75) is 12.8 Å². The van der Waals surface area contributed by atoms with E-state index in [2.05, 4.69) is 10.6 Å². The molecule has 1 unspecified atom stereocenters. The first-order valence-electron chi connectivity index (χ1n) is 6.57. The van der Waals surface area contributed by atoms with Gasteiger partial charge in [0.1, 0.15) is 0 Å². The van der Waals surface area contributed by atoms with Crippen LogP contribution in [0.15, 0.2) is 0 Å². The molecule has 0 radical (unpaired) electrons. The Morgan fingerprint density at radius 2 is 2.11 bits per heavy atom. The number of carbonyl (C=O) groups is 3. The lowest BCUT2D eigenvalue weighted by Gasteiger charge is -2.26. The van der Waals surface area contributed by atoms with E-state index >= 15 is 0 Å². The highest BCUT2D eigenvalue weighted by Crippen LogP contribution is 2.08. The predicted molar refractivity (Wildman–Crippen MR) is 66.1 cm³/mol. The maximum atomic E-state index is 11.8. The lowest BCUT2D eigenvalue weighted by molar-refractivity contribution is -0.135. The van der Waals surface area contributed by atoms with Gasteiger partial charge in [-0.2, -0.15) is 0 Å². The van der Waals surface area contributed by atoms with Crippen LogP contribution < -0.4 is 10.6 Å². The van der Waals surface area contributed by atoms with Crippen LogP contribution in [0, 0.1) is 5.92 Å². The quantitative estimate of drug-likeness (QED) is 0.649. The molecule has 2 heterocycles. The van der Waals surface area contributed by atoms with Crippen molar-refractivity contribution in [3.05, 3.63) is 0 Å². The van der Waals surface area contributed by atoms with Gasteiger partial charge in [-0.1, -0.05) is 0 Å². The minimum absolute atomic E-state index is 0.0317. The normalized spacial score (nSPS) is 23.1. The van der Waals surface area contributed by atoms with Crippen molar-refractivity contribution in [2.75, 3.05) is 39.4 Å². The second-order valence-electron chi connectivity index (χ2n) is 4.74. The topological polar surface area (TPSA) is 87.7 Å². The molecule has 19 heavy (non-hydrogen) atoms. The van der Waals surface area contributed by atoms with E-state index in [1.165, 1.54) is 0 Å². The summed E-state index contributed by atoms with van der Waals surface area (Å²) in [5, 5.41) is 5.32. The monoisotopic (exact) mass is 269 g/mol. The van der Waals surface area contributed by atoms with Crippen LogP contribution in [0.3, 0.4) is 0 Å². The molecule has 2 rings (SSSR count). The highest BCUT2D eigenvalue weighted by molar-refractivity contribution is 5.89. The second-order valence-corrected chi connectivity index (χ2v) is 4.74. The smallest absolute Gasteiger partial charge is 0.225 e. The Morgan fingerprint density at radius 3 is 2.74 bits per heavy atom. The first-order valence-corrected chi connectivity index (χ1v) is 6.57. The number of rotatable bonds is 4. The minimum atomic E-state index is -0.300. The van der Waals surface area contributed by atoms with E-state index in [1.807, 2.05) is 0 Å². The van der Waals surface area contributed by atoms with E-state index < -0.39 is 0 Å². The first-order chi connectivity index (χ1) is 9.16. The van der Waals surface area contributed by atoms with E-state index in [-0.39, 0.29) is 30.1 Å². The standard InChI is InChI=1S/C12H19N3O4/c16-10-7-9(8-14-10)12(18)13-2-1-11(17)15-3-5-19-6-4-15/h9H,1-8H2,(H,13,18)(H,14,16). The van der Waals surface area contributed by atoms with Crippen molar-refractivity contribution < 1.29 is 19.1 Å². The maximum Gasteiger partial charge on any atom is 0.225 e. The van der Waals surface area contributed by atoms with Crippen LogP contribution in [0.5, 0.6) is 0 Å². The van der Waals surface area contributed by atoms with Crippen LogP contribution in [0.1, 0.15) is 12.8 Å². The van der Waals surface area contributed by atoms with Gasteiger partial charge in [0.2, 0.25) is 17.7 Å². The van der Waals surface area contributed by atoms with Gasteiger partial charge in [-0.15, -0.1) is 0 Å². The summed E-state index contributed by atoms with van der Waals surface area (Å²) in [5.41, 5.74) is 0. The zero-order valence-electron chi connectivity index (χ0n) is 10.8. The average Bonchev–Trinajstić information content (AvgIpc) is 2.86. The Labute approximate surface area is 111 Å². The molecular formula is C12H19N3O4. The van der Waals surface area contributed by atoms with Gasteiger partial charge in [0.15, 0.2) is 0 Å². The van der Waals surface area contributed by atoms with Crippen molar-refractivity contribution in [1.82, 2.24) is 15.5 Å². The van der Waals surface area contributed by atoms with Crippen molar-refractivity contribution >= 4 is 17.7 Å². The molecule has 2 saturated heterocycles. The van der Waals surface area contributed by atoms with Crippen LogP contribution in [-0.4, -0.2) is 62.0 Å². The van der Waals surface area contributed by atoms with Gasteiger partial charge in [-0.05, 0) is 0 Å². The summed E-state index contributed by atoms with van der Waals surface area (Å²) in [6.07, 6.45) is 0.531. The predicted octanol–water partition coefficient (Wildman–Crippen LogP) is -1.51. The number of amides is 3. The zero-order chi connectivity index (χ0) is 13.7. The van der Waals surface area contributed by atoms with E-state index in [1.54, 1.807) is 4.90 Å². The highest BCUT2D eigenvalue weighted by atomic mass is 16.5. The number of nitrogens with one attached hydrogen (secondary N) is 2. The summed E-state index contributed by atoms with van der Waals surface area (Å²) in [6.45, 7) is 3.10. The van der Waals surface area contributed by atoms with Crippen molar-refractivity contribution in [3.63, 3.8) is 0 Å². The summed E-state index contributed by atoms with van der Waals surface area (Å²) in [6, 6.07) is 0. The van der Waals surface area contributed by atoms with Crippen molar-refractivity contribution in [2.24, 2.45) is 5.92 Å². The molecule has 0 aromatic heterocycles. The molecular weight excluding hydrogens is 250 g/mol. The highest BCUT2D eigenvalue weighted by Gasteiger charge is 2.27. The summed E-state index contributed by atoms with van der Waals surface area (Å²) in [4.78, 5) is 36.2. The fourth-order valence-corrected chi connectivity index (χ4v) is 2.20.